The van der Waals surface area contributed by atoms with Crippen LogP contribution in [0.15, 0.2) is 24.3 Å². The Hall–Kier alpha value is -1.62. The topological polar surface area (TPSA) is 38.8 Å². The lowest BCUT2D eigenvalue weighted by Crippen LogP contribution is -2.40. The summed E-state index contributed by atoms with van der Waals surface area (Å²) in [4.78, 5) is 13.2. The van der Waals surface area contributed by atoms with Crippen LogP contribution in [0.1, 0.15) is 6.42 Å². The molecule has 0 aliphatic carbocycles. The first-order valence-corrected chi connectivity index (χ1v) is 5.50. The molecule has 1 aliphatic heterocycles. The van der Waals surface area contributed by atoms with Crippen LogP contribution in [0, 0.1) is 5.82 Å². The third-order valence-corrected chi connectivity index (χ3v) is 2.50. The van der Waals surface area contributed by atoms with Crippen molar-refractivity contribution in [2.24, 2.45) is 0 Å². The molecule has 0 atom stereocenters. The highest BCUT2D eigenvalue weighted by molar-refractivity contribution is 5.77. The van der Waals surface area contributed by atoms with Gasteiger partial charge in [-0.2, -0.15) is 0 Å². The minimum absolute atomic E-state index is 0.0961. The molecule has 1 amide bonds. The zero-order chi connectivity index (χ0) is 12.1. The van der Waals surface area contributed by atoms with Gasteiger partial charge in [0, 0.05) is 6.54 Å². The second kappa shape index (κ2) is 5.63. The van der Waals surface area contributed by atoms with Crippen LogP contribution in [0.5, 0.6) is 5.75 Å². The summed E-state index contributed by atoms with van der Waals surface area (Å²) in [5, 5.41) is 0. The van der Waals surface area contributed by atoms with E-state index in [-0.39, 0.29) is 18.3 Å². The van der Waals surface area contributed by atoms with Crippen LogP contribution < -0.4 is 4.74 Å². The molecule has 0 saturated carbocycles. The van der Waals surface area contributed by atoms with Gasteiger partial charge >= 0.3 is 0 Å². The lowest BCUT2D eigenvalue weighted by atomic mass is 10.3. The number of carbonyl (C=O) groups is 1. The van der Waals surface area contributed by atoms with Gasteiger partial charge in [0.2, 0.25) is 0 Å². The maximum absolute atomic E-state index is 13.2. The van der Waals surface area contributed by atoms with Crippen LogP contribution in [0.2, 0.25) is 0 Å². The van der Waals surface area contributed by atoms with Crippen LogP contribution in [0.3, 0.4) is 0 Å². The molecule has 0 radical (unpaired) electrons. The summed E-state index contributed by atoms with van der Waals surface area (Å²) >= 11 is 0. The van der Waals surface area contributed by atoms with Gasteiger partial charge < -0.3 is 14.4 Å². The second-order valence-electron chi connectivity index (χ2n) is 3.77. The Labute approximate surface area is 98.9 Å². The highest BCUT2D eigenvalue weighted by Gasteiger charge is 2.17. The lowest BCUT2D eigenvalue weighted by molar-refractivity contribution is -0.142. The smallest absolute Gasteiger partial charge is 0.262 e. The molecule has 1 aliphatic rings. The standard InChI is InChI=1S/C12H14FNO3/c13-10-4-1-2-5-11(10)17-8-12(15)14-6-3-7-16-9-14/h1-2,4-5H,3,6-9H2. The van der Waals surface area contributed by atoms with Crippen molar-refractivity contribution in [3.63, 3.8) is 0 Å². The Bertz CT molecular complexity index is 391. The van der Waals surface area contributed by atoms with Gasteiger partial charge in [0.1, 0.15) is 6.73 Å². The molecule has 1 aromatic carbocycles. The molecule has 1 aromatic rings. The van der Waals surface area contributed by atoms with Crippen molar-refractivity contribution >= 4 is 5.91 Å². The average molecular weight is 239 g/mol. The monoisotopic (exact) mass is 239 g/mol. The highest BCUT2D eigenvalue weighted by atomic mass is 19.1. The summed E-state index contributed by atoms with van der Waals surface area (Å²) in [6, 6.07) is 6.02. The highest BCUT2D eigenvalue weighted by Crippen LogP contribution is 2.15. The van der Waals surface area contributed by atoms with Crippen LogP contribution in [-0.2, 0) is 9.53 Å². The van der Waals surface area contributed by atoms with E-state index >= 15 is 0 Å². The molecule has 5 heteroatoms. The third kappa shape index (κ3) is 3.17. The number of hydrogen-bond donors (Lipinski definition) is 0. The maximum atomic E-state index is 13.2. The number of benzene rings is 1. The van der Waals surface area contributed by atoms with Crippen LogP contribution in [0.25, 0.3) is 0 Å². The van der Waals surface area contributed by atoms with E-state index in [0.717, 1.165) is 6.42 Å². The molecular formula is C12H14FNO3. The van der Waals surface area contributed by atoms with Crippen LogP contribution in [-0.4, -0.2) is 37.3 Å². The van der Waals surface area contributed by atoms with Crippen molar-refractivity contribution in [1.29, 1.82) is 0 Å². The molecule has 92 valence electrons. The summed E-state index contributed by atoms with van der Waals surface area (Å²) in [6.07, 6.45) is 0.825. The molecule has 2 rings (SSSR count). The van der Waals surface area contributed by atoms with Gasteiger partial charge in [-0.1, -0.05) is 12.1 Å². The Morgan fingerprint density at radius 3 is 3.00 bits per heavy atom. The summed E-state index contributed by atoms with van der Waals surface area (Å²) in [6.45, 7) is 1.47. The van der Waals surface area contributed by atoms with Crippen molar-refractivity contribution in [1.82, 2.24) is 4.90 Å². The van der Waals surface area contributed by atoms with Gasteiger partial charge in [0.05, 0.1) is 6.61 Å². The molecule has 0 aromatic heterocycles. The van der Waals surface area contributed by atoms with Crippen molar-refractivity contribution in [2.75, 3.05) is 26.5 Å². The number of hydrogen-bond acceptors (Lipinski definition) is 3. The Balaban J connectivity index is 1.85. The first kappa shape index (κ1) is 11.9. The van der Waals surface area contributed by atoms with E-state index in [9.17, 15) is 9.18 Å². The van der Waals surface area contributed by atoms with Crippen molar-refractivity contribution in [3.05, 3.63) is 30.1 Å². The molecule has 1 heterocycles. The molecule has 0 unspecified atom stereocenters. The Kier molecular flexibility index (Phi) is 3.93. The van der Waals surface area contributed by atoms with E-state index in [2.05, 4.69) is 0 Å². The van der Waals surface area contributed by atoms with E-state index in [0.29, 0.717) is 19.9 Å². The molecule has 0 spiro atoms. The molecule has 1 saturated heterocycles. The fourth-order valence-corrected chi connectivity index (χ4v) is 1.59. The SMILES string of the molecule is O=C(COc1ccccc1F)N1CCCOC1. The Morgan fingerprint density at radius 2 is 2.29 bits per heavy atom. The van der Waals surface area contributed by atoms with Crippen molar-refractivity contribution in [3.8, 4) is 5.75 Å². The minimum Gasteiger partial charge on any atom is -0.481 e. The normalized spacial score (nSPS) is 15.7. The van der Waals surface area contributed by atoms with Gasteiger partial charge in [-0.15, -0.1) is 0 Å². The number of ether oxygens (including phenoxy) is 2. The molecule has 0 bridgehead atoms. The van der Waals surface area contributed by atoms with Gasteiger partial charge in [-0.25, -0.2) is 4.39 Å². The van der Waals surface area contributed by atoms with E-state index < -0.39 is 5.82 Å². The molecule has 4 nitrogen and oxygen atoms in total. The first-order chi connectivity index (χ1) is 8.27. The lowest BCUT2D eigenvalue weighted by Gasteiger charge is -2.26. The summed E-state index contributed by atoms with van der Waals surface area (Å²) in [5.74, 6) is -0.554. The number of halogens is 1. The molecule has 17 heavy (non-hydrogen) atoms. The van der Waals surface area contributed by atoms with Crippen LogP contribution in [0.4, 0.5) is 4.39 Å². The number of rotatable bonds is 3. The molecule has 1 fully saturated rings. The van der Waals surface area contributed by atoms with E-state index in [1.807, 2.05) is 0 Å². The van der Waals surface area contributed by atoms with Crippen molar-refractivity contribution in [2.45, 2.75) is 6.42 Å². The number of nitrogens with zero attached hydrogens (tertiary/aromatic N) is 1. The summed E-state index contributed by atoms with van der Waals surface area (Å²) in [7, 11) is 0. The van der Waals surface area contributed by atoms with E-state index in [1.54, 1.807) is 17.0 Å². The third-order valence-electron chi connectivity index (χ3n) is 2.50. The van der Waals surface area contributed by atoms with E-state index in [4.69, 9.17) is 9.47 Å². The predicted molar refractivity (Wildman–Crippen MR) is 59.0 cm³/mol. The fourth-order valence-electron chi connectivity index (χ4n) is 1.59. The van der Waals surface area contributed by atoms with E-state index in [1.165, 1.54) is 12.1 Å². The molecule has 0 N–H and O–H groups in total. The summed E-state index contributed by atoms with van der Waals surface area (Å²) < 4.78 is 23.5. The molecular weight excluding hydrogens is 225 g/mol. The zero-order valence-corrected chi connectivity index (χ0v) is 9.39. The van der Waals surface area contributed by atoms with Gasteiger partial charge in [-0.3, -0.25) is 4.79 Å². The largest absolute Gasteiger partial charge is 0.481 e. The quantitative estimate of drug-likeness (QED) is 0.800. The van der Waals surface area contributed by atoms with Crippen molar-refractivity contribution < 1.29 is 18.7 Å². The number of para-hydroxylation sites is 1. The van der Waals surface area contributed by atoms with Gasteiger partial charge in [-0.05, 0) is 18.6 Å². The fraction of sp³-hybridized carbons (Fsp3) is 0.417. The second-order valence-corrected chi connectivity index (χ2v) is 3.77. The van der Waals surface area contributed by atoms with Gasteiger partial charge in [0.25, 0.3) is 5.91 Å². The number of carbonyl (C=O) groups excluding carboxylic acids is 1. The number of amides is 1. The Morgan fingerprint density at radius 1 is 1.47 bits per heavy atom. The minimum atomic E-state index is -0.463. The predicted octanol–water partition coefficient (Wildman–Crippen LogP) is 1.41. The van der Waals surface area contributed by atoms with Gasteiger partial charge in [0.15, 0.2) is 18.2 Å². The average Bonchev–Trinajstić information content (AvgIpc) is 2.38. The summed E-state index contributed by atoms with van der Waals surface area (Å²) in [5.41, 5.74) is 0. The van der Waals surface area contributed by atoms with Crippen LogP contribution >= 0.6 is 0 Å². The first-order valence-electron chi connectivity index (χ1n) is 5.50. The maximum Gasteiger partial charge on any atom is 0.262 e. The zero-order valence-electron chi connectivity index (χ0n) is 9.39.